The number of hydrogen-bond donors (Lipinski definition) is 0. The van der Waals surface area contributed by atoms with Gasteiger partial charge < -0.3 is 9.64 Å². The van der Waals surface area contributed by atoms with E-state index in [1.54, 1.807) is 42.3 Å². The van der Waals surface area contributed by atoms with E-state index in [1.165, 1.54) is 17.0 Å². The maximum absolute atomic E-state index is 15.2. The van der Waals surface area contributed by atoms with Crippen molar-refractivity contribution in [2.24, 2.45) is 7.05 Å². The SMILES string of the molecule is Cn1cc2c(-c3cc(F)c(CN4Cc5ncc(OCCc6ccccn6)cc5C4=O)c(F)c3)cccc2n1. The highest BCUT2D eigenvalue weighted by molar-refractivity contribution is 5.98. The summed E-state index contributed by atoms with van der Waals surface area (Å²) in [5, 5.41) is 5.16. The molecule has 3 aromatic heterocycles. The number of carbonyl (C=O) groups is 1. The van der Waals surface area contributed by atoms with Crippen LogP contribution >= 0.6 is 0 Å². The summed E-state index contributed by atoms with van der Waals surface area (Å²) in [5.74, 6) is -1.31. The minimum absolute atomic E-state index is 0.165. The molecule has 190 valence electrons. The zero-order chi connectivity index (χ0) is 26.2. The molecule has 0 bridgehead atoms. The molecule has 1 aliphatic rings. The number of ether oxygens (including phenoxy) is 1. The third-order valence-electron chi connectivity index (χ3n) is 6.62. The topological polar surface area (TPSA) is 73.1 Å². The quantitative estimate of drug-likeness (QED) is 0.305. The van der Waals surface area contributed by atoms with E-state index in [1.807, 2.05) is 30.5 Å². The van der Waals surface area contributed by atoms with Crippen molar-refractivity contribution >= 4 is 16.8 Å². The van der Waals surface area contributed by atoms with E-state index in [0.29, 0.717) is 41.2 Å². The van der Waals surface area contributed by atoms with Crippen LogP contribution in [0, 0.1) is 11.6 Å². The Bertz CT molecular complexity index is 1650. The van der Waals surface area contributed by atoms with Crippen molar-refractivity contribution in [3.8, 4) is 16.9 Å². The molecule has 0 radical (unpaired) electrons. The molecule has 38 heavy (non-hydrogen) atoms. The summed E-state index contributed by atoms with van der Waals surface area (Å²) >= 11 is 0. The first-order valence-corrected chi connectivity index (χ1v) is 12.2. The molecule has 0 saturated carbocycles. The Morgan fingerprint density at radius 3 is 2.63 bits per heavy atom. The maximum atomic E-state index is 15.2. The lowest BCUT2D eigenvalue weighted by atomic mass is 9.99. The molecule has 0 spiro atoms. The summed E-state index contributed by atoms with van der Waals surface area (Å²) in [4.78, 5) is 23.1. The van der Waals surface area contributed by atoms with Crippen LogP contribution in [0.25, 0.3) is 22.0 Å². The van der Waals surface area contributed by atoms with E-state index in [2.05, 4.69) is 15.1 Å². The molecule has 1 amide bonds. The third-order valence-corrected chi connectivity index (χ3v) is 6.62. The smallest absolute Gasteiger partial charge is 0.256 e. The van der Waals surface area contributed by atoms with Crippen molar-refractivity contribution in [1.29, 1.82) is 0 Å². The minimum Gasteiger partial charge on any atom is -0.492 e. The number of aromatic nitrogens is 4. The number of fused-ring (bicyclic) bond motifs is 2. The Hall–Kier alpha value is -4.66. The van der Waals surface area contributed by atoms with Crippen LogP contribution in [0.15, 0.2) is 73.2 Å². The van der Waals surface area contributed by atoms with Crippen molar-refractivity contribution in [1.82, 2.24) is 24.6 Å². The van der Waals surface area contributed by atoms with Gasteiger partial charge in [-0.3, -0.25) is 19.4 Å². The zero-order valence-electron chi connectivity index (χ0n) is 20.6. The largest absolute Gasteiger partial charge is 0.492 e. The Morgan fingerprint density at radius 1 is 1.00 bits per heavy atom. The molecular weight excluding hydrogens is 488 g/mol. The molecule has 9 heteroatoms. The summed E-state index contributed by atoms with van der Waals surface area (Å²) in [5.41, 5.74) is 3.49. The number of hydrogen-bond acceptors (Lipinski definition) is 5. The fourth-order valence-electron chi connectivity index (χ4n) is 4.75. The lowest BCUT2D eigenvalue weighted by Crippen LogP contribution is -2.24. The average Bonchev–Trinajstić information content (AvgIpc) is 3.45. The van der Waals surface area contributed by atoms with Crippen LogP contribution in [-0.2, 0) is 26.6 Å². The van der Waals surface area contributed by atoms with Gasteiger partial charge in [-0.2, -0.15) is 5.10 Å². The first kappa shape index (κ1) is 23.7. The zero-order valence-corrected chi connectivity index (χ0v) is 20.6. The fourth-order valence-corrected chi connectivity index (χ4v) is 4.75. The highest BCUT2D eigenvalue weighted by Gasteiger charge is 2.30. The highest BCUT2D eigenvalue weighted by Crippen LogP contribution is 2.32. The van der Waals surface area contributed by atoms with Crippen LogP contribution in [0.2, 0.25) is 0 Å². The molecule has 0 N–H and O–H groups in total. The van der Waals surface area contributed by atoms with Gasteiger partial charge in [-0.05, 0) is 47.5 Å². The highest BCUT2D eigenvalue weighted by atomic mass is 19.1. The van der Waals surface area contributed by atoms with Crippen molar-refractivity contribution in [2.75, 3.05) is 6.61 Å². The van der Waals surface area contributed by atoms with Gasteiger partial charge in [0.25, 0.3) is 5.91 Å². The number of rotatable bonds is 7. The van der Waals surface area contributed by atoms with Crippen molar-refractivity contribution in [3.05, 3.63) is 107 Å². The van der Waals surface area contributed by atoms with Gasteiger partial charge in [0, 0.05) is 42.5 Å². The van der Waals surface area contributed by atoms with E-state index < -0.39 is 11.6 Å². The summed E-state index contributed by atoms with van der Waals surface area (Å²) in [6, 6.07) is 15.4. The van der Waals surface area contributed by atoms with Crippen LogP contribution in [0.3, 0.4) is 0 Å². The van der Waals surface area contributed by atoms with Gasteiger partial charge in [0.1, 0.15) is 17.4 Å². The summed E-state index contributed by atoms with van der Waals surface area (Å²) in [7, 11) is 1.80. The summed E-state index contributed by atoms with van der Waals surface area (Å²) < 4.78 is 37.9. The van der Waals surface area contributed by atoms with Gasteiger partial charge in [-0.25, -0.2) is 8.78 Å². The molecule has 5 aromatic rings. The molecule has 6 rings (SSSR count). The van der Waals surface area contributed by atoms with Gasteiger partial charge in [0.05, 0.1) is 42.7 Å². The number of nitrogens with zero attached hydrogens (tertiary/aromatic N) is 5. The number of aryl methyl sites for hydroxylation is 1. The minimum atomic E-state index is -0.712. The Labute approximate surface area is 217 Å². The first-order valence-electron chi connectivity index (χ1n) is 12.2. The predicted octanol–water partition coefficient (Wildman–Crippen LogP) is 5.09. The Morgan fingerprint density at radius 2 is 1.84 bits per heavy atom. The van der Waals surface area contributed by atoms with E-state index in [4.69, 9.17) is 4.74 Å². The van der Waals surface area contributed by atoms with Crippen LogP contribution in [0.1, 0.15) is 27.3 Å². The lowest BCUT2D eigenvalue weighted by molar-refractivity contribution is 0.0763. The van der Waals surface area contributed by atoms with E-state index >= 15 is 8.78 Å². The van der Waals surface area contributed by atoms with Crippen LogP contribution in [-0.4, -0.2) is 37.2 Å². The normalized spacial score (nSPS) is 12.8. The van der Waals surface area contributed by atoms with Crippen LogP contribution in [0.5, 0.6) is 5.75 Å². The summed E-state index contributed by atoms with van der Waals surface area (Å²) in [6.07, 6.45) is 5.71. The van der Waals surface area contributed by atoms with Crippen LogP contribution < -0.4 is 4.74 Å². The molecule has 1 aliphatic heterocycles. The number of carbonyl (C=O) groups excluding carboxylic acids is 1. The van der Waals surface area contributed by atoms with E-state index in [0.717, 1.165) is 16.6 Å². The molecule has 4 heterocycles. The number of benzene rings is 2. The third kappa shape index (κ3) is 4.47. The fraction of sp³-hybridized carbons (Fsp3) is 0.172. The molecule has 0 saturated heterocycles. The van der Waals surface area contributed by atoms with Crippen molar-refractivity contribution in [3.63, 3.8) is 0 Å². The monoisotopic (exact) mass is 511 g/mol. The van der Waals surface area contributed by atoms with E-state index in [-0.39, 0.29) is 24.6 Å². The first-order chi connectivity index (χ1) is 18.5. The van der Waals surface area contributed by atoms with E-state index in [9.17, 15) is 4.79 Å². The van der Waals surface area contributed by atoms with Gasteiger partial charge >= 0.3 is 0 Å². The van der Waals surface area contributed by atoms with Gasteiger partial charge in [0.2, 0.25) is 0 Å². The van der Waals surface area contributed by atoms with Crippen LogP contribution in [0.4, 0.5) is 8.78 Å². The molecule has 2 aromatic carbocycles. The molecule has 0 unspecified atom stereocenters. The number of pyridine rings is 2. The molecule has 7 nitrogen and oxygen atoms in total. The second-order valence-electron chi connectivity index (χ2n) is 9.21. The molecule has 0 fully saturated rings. The van der Waals surface area contributed by atoms with Crippen molar-refractivity contribution in [2.45, 2.75) is 19.5 Å². The number of halogens is 2. The molecular formula is C29H23F2N5O2. The predicted molar refractivity (Wildman–Crippen MR) is 137 cm³/mol. The second-order valence-corrected chi connectivity index (χ2v) is 9.21. The van der Waals surface area contributed by atoms with Crippen molar-refractivity contribution < 1.29 is 18.3 Å². The second kappa shape index (κ2) is 9.66. The summed E-state index contributed by atoms with van der Waals surface area (Å²) in [6.45, 7) is 0.336. The Kier molecular flexibility index (Phi) is 6.03. The Balaban J connectivity index is 1.18. The standard InChI is InChI=1S/C29H23F2N5O2/c1-35-15-23-21(6-4-7-27(23)34-35)18-11-25(30)24(26(31)12-18)16-36-17-28-22(29(36)37)13-20(14-33-28)38-10-8-19-5-2-3-9-32-19/h2-7,9,11-15H,8,10,16-17H2,1H3. The molecule has 0 atom stereocenters. The van der Waals surface area contributed by atoms with Gasteiger partial charge in [-0.15, -0.1) is 0 Å². The number of amides is 1. The maximum Gasteiger partial charge on any atom is 0.256 e. The average molecular weight is 512 g/mol. The molecule has 0 aliphatic carbocycles. The lowest BCUT2D eigenvalue weighted by Gasteiger charge is -2.17. The van der Waals surface area contributed by atoms with Gasteiger partial charge in [-0.1, -0.05) is 18.2 Å². The van der Waals surface area contributed by atoms with Gasteiger partial charge in [0.15, 0.2) is 0 Å².